The molecule has 1 aromatic rings. The summed E-state index contributed by atoms with van der Waals surface area (Å²) in [4.78, 5) is 39.9. The minimum absolute atomic E-state index is 0.0453. The molecule has 2 aliphatic heterocycles. The van der Waals surface area contributed by atoms with Gasteiger partial charge < -0.3 is 25.0 Å². The van der Waals surface area contributed by atoms with Crippen molar-refractivity contribution in [1.29, 1.82) is 0 Å². The van der Waals surface area contributed by atoms with Crippen LogP contribution >= 0.6 is 0 Å². The molecular formula is C22H27N3O5. The second kappa shape index (κ2) is 8.77. The lowest BCUT2D eigenvalue weighted by Gasteiger charge is -2.36. The molecule has 2 heterocycles. The quantitative estimate of drug-likeness (QED) is 0.660. The van der Waals surface area contributed by atoms with E-state index in [-0.39, 0.29) is 36.4 Å². The first-order valence-corrected chi connectivity index (χ1v) is 10.4. The van der Waals surface area contributed by atoms with E-state index in [2.05, 4.69) is 17.2 Å². The molecule has 1 atom stereocenters. The maximum absolute atomic E-state index is 12.9. The maximum atomic E-state index is 12.9. The number of rotatable bonds is 7. The molecule has 0 radical (unpaired) electrons. The van der Waals surface area contributed by atoms with E-state index in [1.807, 2.05) is 4.90 Å². The molecule has 3 amide bonds. The first kappa shape index (κ1) is 20.3. The zero-order chi connectivity index (χ0) is 21.1. The summed E-state index contributed by atoms with van der Waals surface area (Å²) in [6.45, 7) is 5.32. The van der Waals surface area contributed by atoms with Gasteiger partial charge in [-0.05, 0) is 49.8 Å². The van der Waals surface area contributed by atoms with Gasteiger partial charge >= 0.3 is 0 Å². The number of piperidine rings is 1. The highest BCUT2D eigenvalue weighted by molar-refractivity contribution is 5.98. The van der Waals surface area contributed by atoms with E-state index in [1.165, 1.54) is 0 Å². The first-order valence-electron chi connectivity index (χ1n) is 10.4. The molecule has 1 saturated carbocycles. The Labute approximate surface area is 175 Å². The minimum atomic E-state index is -0.680. The molecule has 3 aliphatic rings. The summed E-state index contributed by atoms with van der Waals surface area (Å²) in [7, 11) is 0. The Bertz CT molecular complexity index is 843. The largest absolute Gasteiger partial charge is 0.454 e. The molecule has 1 saturated heterocycles. The molecule has 160 valence electrons. The molecule has 2 fully saturated rings. The highest BCUT2D eigenvalue weighted by Crippen LogP contribution is 2.34. The van der Waals surface area contributed by atoms with Crippen LogP contribution in [0.25, 0.3) is 0 Å². The van der Waals surface area contributed by atoms with Crippen LogP contribution in [0.3, 0.4) is 0 Å². The number of hydrogen-bond donors (Lipinski definition) is 2. The summed E-state index contributed by atoms with van der Waals surface area (Å²) in [5, 5.41) is 5.69. The van der Waals surface area contributed by atoms with Crippen molar-refractivity contribution in [3.63, 3.8) is 0 Å². The molecule has 0 spiro atoms. The Balaban J connectivity index is 1.43. The Morgan fingerprint density at radius 1 is 1.13 bits per heavy atom. The monoisotopic (exact) mass is 413 g/mol. The number of likely N-dealkylation sites (tertiary alicyclic amines) is 1. The number of fused-ring (bicyclic) bond motifs is 1. The summed E-state index contributed by atoms with van der Waals surface area (Å²) in [5.74, 6) is 0.904. The van der Waals surface area contributed by atoms with E-state index < -0.39 is 6.04 Å². The fourth-order valence-corrected chi connectivity index (χ4v) is 3.98. The van der Waals surface area contributed by atoms with Crippen molar-refractivity contribution in [2.24, 2.45) is 11.8 Å². The van der Waals surface area contributed by atoms with Gasteiger partial charge in [0, 0.05) is 31.1 Å². The van der Waals surface area contributed by atoms with Crippen molar-refractivity contribution >= 4 is 17.7 Å². The van der Waals surface area contributed by atoms with Crippen molar-refractivity contribution in [2.75, 3.05) is 26.4 Å². The molecule has 1 unspecified atom stereocenters. The van der Waals surface area contributed by atoms with Crippen LogP contribution in [-0.4, -0.2) is 55.1 Å². The second-order valence-corrected chi connectivity index (χ2v) is 7.99. The zero-order valence-corrected chi connectivity index (χ0v) is 16.9. The number of carbonyl (C=O) groups excluding carboxylic acids is 3. The molecule has 4 rings (SSSR count). The van der Waals surface area contributed by atoms with Crippen LogP contribution in [0.15, 0.2) is 30.9 Å². The van der Waals surface area contributed by atoms with Crippen LogP contribution < -0.4 is 20.1 Å². The summed E-state index contributed by atoms with van der Waals surface area (Å²) in [6.07, 6.45) is 4.91. The van der Waals surface area contributed by atoms with Crippen molar-refractivity contribution in [3.8, 4) is 11.5 Å². The normalized spacial score (nSPS) is 19.1. The molecule has 2 N–H and O–H groups in total. The number of ether oxygens (including phenoxy) is 2. The van der Waals surface area contributed by atoms with Crippen LogP contribution in [-0.2, 0) is 9.59 Å². The van der Waals surface area contributed by atoms with Gasteiger partial charge in [-0.15, -0.1) is 6.58 Å². The van der Waals surface area contributed by atoms with E-state index in [1.54, 1.807) is 24.3 Å². The Morgan fingerprint density at radius 3 is 2.57 bits per heavy atom. The van der Waals surface area contributed by atoms with Gasteiger partial charge in [0.2, 0.25) is 18.6 Å². The molecule has 8 nitrogen and oxygen atoms in total. The average molecular weight is 413 g/mol. The van der Waals surface area contributed by atoms with Crippen LogP contribution in [0.1, 0.15) is 36.0 Å². The van der Waals surface area contributed by atoms with Crippen LogP contribution in [0, 0.1) is 11.8 Å². The van der Waals surface area contributed by atoms with E-state index in [4.69, 9.17) is 9.47 Å². The van der Waals surface area contributed by atoms with E-state index in [9.17, 15) is 14.4 Å². The van der Waals surface area contributed by atoms with E-state index in [0.29, 0.717) is 49.5 Å². The van der Waals surface area contributed by atoms with Crippen molar-refractivity contribution in [1.82, 2.24) is 15.5 Å². The minimum Gasteiger partial charge on any atom is -0.454 e. The van der Waals surface area contributed by atoms with Crippen LogP contribution in [0.5, 0.6) is 11.5 Å². The predicted octanol–water partition coefficient (Wildman–Crippen LogP) is 1.46. The van der Waals surface area contributed by atoms with E-state index >= 15 is 0 Å². The first-order chi connectivity index (χ1) is 14.6. The van der Waals surface area contributed by atoms with Gasteiger partial charge in [0.1, 0.15) is 6.04 Å². The number of hydrogen-bond acceptors (Lipinski definition) is 5. The lowest BCUT2D eigenvalue weighted by atomic mass is 9.88. The third-order valence-corrected chi connectivity index (χ3v) is 5.87. The molecule has 1 aliphatic carbocycles. The molecule has 1 aromatic carbocycles. The predicted molar refractivity (Wildman–Crippen MR) is 109 cm³/mol. The van der Waals surface area contributed by atoms with Gasteiger partial charge in [0.05, 0.1) is 0 Å². The zero-order valence-electron chi connectivity index (χ0n) is 16.9. The van der Waals surface area contributed by atoms with Crippen molar-refractivity contribution < 1.29 is 23.9 Å². The number of amides is 3. The summed E-state index contributed by atoms with van der Waals surface area (Å²) in [6, 6.07) is 4.28. The third-order valence-electron chi connectivity index (χ3n) is 5.87. The Hall–Kier alpha value is -3.03. The van der Waals surface area contributed by atoms with Gasteiger partial charge in [0.15, 0.2) is 11.5 Å². The lowest BCUT2D eigenvalue weighted by Crippen LogP contribution is -2.54. The second-order valence-electron chi connectivity index (χ2n) is 7.99. The van der Waals surface area contributed by atoms with E-state index in [0.717, 1.165) is 12.8 Å². The fraction of sp³-hybridized carbons (Fsp3) is 0.500. The van der Waals surface area contributed by atoms with Gasteiger partial charge in [-0.1, -0.05) is 6.08 Å². The van der Waals surface area contributed by atoms with Gasteiger partial charge in [-0.25, -0.2) is 0 Å². The Morgan fingerprint density at radius 2 is 1.87 bits per heavy atom. The summed E-state index contributed by atoms with van der Waals surface area (Å²) < 4.78 is 10.6. The standard InChI is InChI=1S/C22H27N3O5/c1-2-9-23-21(27)19(14-7-10-25(11-8-14)22(28)15-3-4-15)24-20(26)16-5-6-17-18(12-16)30-13-29-17/h2,5-6,12,14-15,19H,1,3-4,7-11,13H2,(H,23,27)(H,24,26). The number of carbonyl (C=O) groups is 3. The van der Waals surface area contributed by atoms with Crippen molar-refractivity contribution in [3.05, 3.63) is 36.4 Å². The molecule has 30 heavy (non-hydrogen) atoms. The highest BCUT2D eigenvalue weighted by atomic mass is 16.7. The lowest BCUT2D eigenvalue weighted by molar-refractivity contribution is -0.134. The van der Waals surface area contributed by atoms with Crippen molar-refractivity contribution in [2.45, 2.75) is 31.7 Å². The summed E-state index contributed by atoms with van der Waals surface area (Å²) in [5.41, 5.74) is 0.405. The highest BCUT2D eigenvalue weighted by Gasteiger charge is 2.38. The fourth-order valence-electron chi connectivity index (χ4n) is 3.98. The van der Waals surface area contributed by atoms with Gasteiger partial charge in [0.25, 0.3) is 5.91 Å². The van der Waals surface area contributed by atoms with Crippen LogP contribution in [0.4, 0.5) is 0 Å². The molecule has 0 bridgehead atoms. The molecular weight excluding hydrogens is 386 g/mol. The smallest absolute Gasteiger partial charge is 0.252 e. The molecule has 8 heteroatoms. The SMILES string of the molecule is C=CCNC(=O)C(NC(=O)c1ccc2c(c1)OCO2)C1CCN(C(=O)C2CC2)CC1. The van der Waals surface area contributed by atoms with Crippen LogP contribution in [0.2, 0.25) is 0 Å². The number of nitrogens with one attached hydrogen (secondary N) is 2. The number of benzene rings is 1. The summed E-state index contributed by atoms with van der Waals surface area (Å²) >= 11 is 0. The van der Waals surface area contributed by atoms with Gasteiger partial charge in [-0.3, -0.25) is 14.4 Å². The number of nitrogens with zero attached hydrogens (tertiary/aromatic N) is 1. The third kappa shape index (κ3) is 4.42. The Kier molecular flexibility index (Phi) is 5.92. The topological polar surface area (TPSA) is 97.0 Å². The van der Waals surface area contributed by atoms with Gasteiger partial charge in [-0.2, -0.15) is 0 Å². The maximum Gasteiger partial charge on any atom is 0.252 e. The molecule has 0 aromatic heterocycles. The average Bonchev–Trinajstić information content (AvgIpc) is 3.52.